The SMILES string of the molecule is COc1cccc(F)c1-c1nccc(C(=O)Nc2cc(F)c3c(cnn3CCO)c2N2C[C@@H]3C[C@H]2CN3)n1. The Morgan fingerprint density at radius 2 is 2.16 bits per heavy atom. The van der Waals surface area contributed by atoms with Gasteiger partial charge in [0, 0.05) is 42.8 Å². The Kier molecular flexibility index (Phi) is 6.12. The van der Waals surface area contributed by atoms with Gasteiger partial charge in [-0.25, -0.2) is 18.7 Å². The molecule has 0 saturated carbocycles. The second kappa shape index (κ2) is 9.62. The number of anilines is 2. The molecule has 196 valence electrons. The maximum absolute atomic E-state index is 15.4. The normalized spacial score (nSPS) is 18.4. The van der Waals surface area contributed by atoms with Gasteiger partial charge >= 0.3 is 0 Å². The van der Waals surface area contributed by atoms with Crippen molar-refractivity contribution >= 4 is 28.2 Å². The number of nitrogens with zero attached hydrogens (tertiary/aromatic N) is 5. The third kappa shape index (κ3) is 4.02. The van der Waals surface area contributed by atoms with Gasteiger partial charge < -0.3 is 25.4 Å². The van der Waals surface area contributed by atoms with Crippen molar-refractivity contribution < 1.29 is 23.4 Å². The van der Waals surface area contributed by atoms with Crippen LogP contribution in [0.2, 0.25) is 0 Å². The number of benzene rings is 2. The first-order valence-corrected chi connectivity index (χ1v) is 12.2. The van der Waals surface area contributed by atoms with E-state index in [0.717, 1.165) is 13.0 Å². The van der Waals surface area contributed by atoms with Crippen molar-refractivity contribution in [1.29, 1.82) is 0 Å². The number of carbonyl (C=O) groups excluding carboxylic acids is 1. The van der Waals surface area contributed by atoms with Crippen LogP contribution in [0.5, 0.6) is 5.75 Å². The summed E-state index contributed by atoms with van der Waals surface area (Å²) in [5.74, 6) is -1.55. The number of halogens is 2. The molecular formula is C26H25F2N7O3. The molecule has 2 aliphatic rings. The summed E-state index contributed by atoms with van der Waals surface area (Å²) < 4.78 is 36.7. The molecule has 4 heterocycles. The zero-order chi connectivity index (χ0) is 26.4. The topological polar surface area (TPSA) is 117 Å². The number of piperazine rings is 1. The second-order valence-electron chi connectivity index (χ2n) is 9.29. The molecule has 2 fully saturated rings. The number of hydrogen-bond donors (Lipinski definition) is 3. The summed E-state index contributed by atoms with van der Waals surface area (Å²) in [6.07, 6.45) is 3.86. The Balaban J connectivity index is 1.40. The molecule has 10 nitrogen and oxygen atoms in total. The summed E-state index contributed by atoms with van der Waals surface area (Å²) in [6, 6.07) is 7.50. The molecule has 3 N–H and O–H groups in total. The number of aliphatic hydroxyl groups is 1. The molecule has 2 bridgehead atoms. The van der Waals surface area contributed by atoms with E-state index in [1.54, 1.807) is 12.3 Å². The van der Waals surface area contributed by atoms with Crippen LogP contribution in [-0.2, 0) is 6.54 Å². The third-order valence-electron chi connectivity index (χ3n) is 7.06. The van der Waals surface area contributed by atoms with E-state index in [1.807, 2.05) is 0 Å². The van der Waals surface area contributed by atoms with Crippen LogP contribution in [0.25, 0.3) is 22.3 Å². The number of nitrogens with one attached hydrogen (secondary N) is 2. The lowest BCUT2D eigenvalue weighted by Crippen LogP contribution is -2.44. The highest BCUT2D eigenvalue weighted by Gasteiger charge is 2.40. The van der Waals surface area contributed by atoms with E-state index in [-0.39, 0.29) is 53.2 Å². The summed E-state index contributed by atoms with van der Waals surface area (Å²) in [7, 11) is 1.41. The Bertz CT molecular complexity index is 1540. The molecule has 2 aromatic carbocycles. The number of aliphatic hydroxyl groups excluding tert-OH is 1. The van der Waals surface area contributed by atoms with E-state index < -0.39 is 17.5 Å². The maximum Gasteiger partial charge on any atom is 0.274 e. The van der Waals surface area contributed by atoms with Crippen molar-refractivity contribution in [2.45, 2.75) is 25.0 Å². The first kappa shape index (κ1) is 24.2. The molecule has 2 atom stereocenters. The molecule has 6 rings (SSSR count). The van der Waals surface area contributed by atoms with E-state index in [9.17, 15) is 14.3 Å². The van der Waals surface area contributed by atoms with Crippen LogP contribution in [-0.4, -0.2) is 69.7 Å². The number of fused-ring (bicyclic) bond motifs is 3. The quantitative estimate of drug-likeness (QED) is 0.340. The monoisotopic (exact) mass is 521 g/mol. The van der Waals surface area contributed by atoms with Crippen LogP contribution in [0.4, 0.5) is 20.2 Å². The minimum atomic E-state index is -0.603. The molecular weight excluding hydrogens is 496 g/mol. The zero-order valence-corrected chi connectivity index (χ0v) is 20.5. The Labute approximate surface area is 216 Å². The third-order valence-corrected chi connectivity index (χ3v) is 7.06. The average Bonchev–Trinajstić information content (AvgIpc) is 3.66. The van der Waals surface area contributed by atoms with Gasteiger partial charge in [-0.2, -0.15) is 5.10 Å². The second-order valence-corrected chi connectivity index (χ2v) is 9.29. The van der Waals surface area contributed by atoms with Crippen molar-refractivity contribution in [2.75, 3.05) is 37.0 Å². The fraction of sp³-hybridized carbons (Fsp3) is 0.308. The van der Waals surface area contributed by atoms with Crippen molar-refractivity contribution in [2.24, 2.45) is 0 Å². The largest absolute Gasteiger partial charge is 0.496 e. The minimum Gasteiger partial charge on any atom is -0.496 e. The Morgan fingerprint density at radius 1 is 1.29 bits per heavy atom. The van der Waals surface area contributed by atoms with E-state index in [0.29, 0.717) is 23.7 Å². The first-order chi connectivity index (χ1) is 18.5. The van der Waals surface area contributed by atoms with Crippen LogP contribution in [0.1, 0.15) is 16.9 Å². The molecule has 0 spiro atoms. The lowest BCUT2D eigenvalue weighted by atomic mass is 10.1. The van der Waals surface area contributed by atoms with Gasteiger partial charge in [0.2, 0.25) is 0 Å². The average molecular weight is 522 g/mol. The Morgan fingerprint density at radius 3 is 2.89 bits per heavy atom. The summed E-state index contributed by atoms with van der Waals surface area (Å²) >= 11 is 0. The van der Waals surface area contributed by atoms with Gasteiger partial charge in [-0.15, -0.1) is 0 Å². The van der Waals surface area contributed by atoms with Gasteiger partial charge in [0.05, 0.1) is 43.4 Å². The molecule has 0 aliphatic carbocycles. The molecule has 0 radical (unpaired) electrons. The van der Waals surface area contributed by atoms with Gasteiger partial charge in [0.15, 0.2) is 11.6 Å². The summed E-state index contributed by atoms with van der Waals surface area (Å²) in [6.45, 7) is 1.43. The van der Waals surface area contributed by atoms with E-state index >= 15 is 4.39 Å². The van der Waals surface area contributed by atoms with Gasteiger partial charge in [-0.3, -0.25) is 9.48 Å². The number of carbonyl (C=O) groups is 1. The molecule has 38 heavy (non-hydrogen) atoms. The predicted molar refractivity (Wildman–Crippen MR) is 136 cm³/mol. The highest BCUT2D eigenvalue weighted by molar-refractivity contribution is 6.09. The van der Waals surface area contributed by atoms with Gasteiger partial charge in [-0.05, 0) is 24.6 Å². The smallest absolute Gasteiger partial charge is 0.274 e. The summed E-state index contributed by atoms with van der Waals surface area (Å²) in [5, 5.41) is 20.5. The van der Waals surface area contributed by atoms with Gasteiger partial charge in [-0.1, -0.05) is 6.07 Å². The Hall–Kier alpha value is -4.16. The molecule has 12 heteroatoms. The summed E-state index contributed by atoms with van der Waals surface area (Å²) in [5.41, 5.74) is 1.22. The standard InChI is InChI=1S/C26H25F2N7O3/c1-38-21-4-2-3-17(27)22(21)25-29-6-5-19(32-25)26(37)33-20-10-18(28)23-16(12-31-35(23)7-8-36)24(20)34-13-14-9-15(34)11-30-14/h2-6,10,12,14-15,30,36H,7-9,11,13H2,1H3,(H,33,37)/t14-,15-/m0/s1. The molecule has 2 aliphatic heterocycles. The fourth-order valence-electron chi connectivity index (χ4n) is 5.41. The van der Waals surface area contributed by atoms with Crippen LogP contribution >= 0.6 is 0 Å². The van der Waals surface area contributed by atoms with Crippen LogP contribution in [0.3, 0.4) is 0 Å². The molecule has 4 aromatic rings. The van der Waals surface area contributed by atoms with E-state index in [2.05, 4.69) is 30.6 Å². The number of hydrogen-bond acceptors (Lipinski definition) is 8. The highest BCUT2D eigenvalue weighted by atomic mass is 19.1. The molecule has 2 saturated heterocycles. The van der Waals surface area contributed by atoms with Crippen LogP contribution < -0.4 is 20.3 Å². The number of amides is 1. The lowest BCUT2D eigenvalue weighted by molar-refractivity contribution is 0.102. The fourth-order valence-corrected chi connectivity index (χ4v) is 5.41. The number of ether oxygens (including phenoxy) is 1. The highest BCUT2D eigenvalue weighted by Crippen LogP contribution is 2.41. The number of rotatable bonds is 7. The van der Waals surface area contributed by atoms with Gasteiger partial charge in [0.1, 0.15) is 22.8 Å². The number of methoxy groups -OCH3 is 1. The lowest BCUT2D eigenvalue weighted by Gasteiger charge is -2.32. The predicted octanol–water partition coefficient (Wildman–Crippen LogP) is 2.58. The van der Waals surface area contributed by atoms with Crippen molar-refractivity contribution in [1.82, 2.24) is 25.1 Å². The van der Waals surface area contributed by atoms with Crippen LogP contribution in [0.15, 0.2) is 42.7 Å². The molecule has 0 unspecified atom stereocenters. The van der Waals surface area contributed by atoms with Crippen LogP contribution in [0, 0.1) is 11.6 Å². The maximum atomic E-state index is 15.4. The molecule has 2 aromatic heterocycles. The molecule has 1 amide bonds. The van der Waals surface area contributed by atoms with Gasteiger partial charge in [0.25, 0.3) is 5.91 Å². The number of aromatic nitrogens is 4. The van der Waals surface area contributed by atoms with Crippen molar-refractivity contribution in [3.63, 3.8) is 0 Å². The zero-order valence-electron chi connectivity index (χ0n) is 20.5. The van der Waals surface area contributed by atoms with E-state index in [1.165, 1.54) is 42.3 Å². The van der Waals surface area contributed by atoms with Crippen molar-refractivity contribution in [3.8, 4) is 17.1 Å². The minimum absolute atomic E-state index is 0.0114. The first-order valence-electron chi connectivity index (χ1n) is 12.2. The van der Waals surface area contributed by atoms with Crippen molar-refractivity contribution in [3.05, 3.63) is 60.1 Å². The summed E-state index contributed by atoms with van der Waals surface area (Å²) in [4.78, 5) is 24.0. The van der Waals surface area contributed by atoms with E-state index in [4.69, 9.17) is 4.74 Å².